The third kappa shape index (κ3) is 5.36. The van der Waals surface area contributed by atoms with Gasteiger partial charge in [0.05, 0.1) is 5.92 Å². The van der Waals surface area contributed by atoms with Crippen LogP contribution in [0.2, 0.25) is 0 Å². The van der Waals surface area contributed by atoms with Crippen LogP contribution < -0.4 is 5.32 Å². The van der Waals surface area contributed by atoms with E-state index in [0.717, 1.165) is 38.0 Å². The molecule has 2 N–H and O–H groups in total. The first kappa shape index (κ1) is 17.5. The maximum absolute atomic E-state index is 11.6. The van der Waals surface area contributed by atoms with E-state index in [9.17, 15) is 9.59 Å². The molecule has 2 rings (SSSR count). The number of nitrogens with zero attached hydrogens (tertiary/aromatic N) is 1. The summed E-state index contributed by atoms with van der Waals surface area (Å²) in [6.45, 7) is 6.24. The minimum absolute atomic E-state index is 0.0192. The SMILES string of the molecule is CC(C)C(=O)Nc1ccc(CCN2CCCC(C(=O)O)C2)cc1. The van der Waals surface area contributed by atoms with Gasteiger partial charge in [-0.1, -0.05) is 26.0 Å². The van der Waals surface area contributed by atoms with E-state index in [-0.39, 0.29) is 17.7 Å². The minimum Gasteiger partial charge on any atom is -0.481 e. The number of rotatable bonds is 6. The fourth-order valence-electron chi connectivity index (χ4n) is 2.79. The van der Waals surface area contributed by atoms with E-state index in [1.807, 2.05) is 38.1 Å². The molecule has 1 fully saturated rings. The van der Waals surface area contributed by atoms with E-state index in [2.05, 4.69) is 10.2 Å². The van der Waals surface area contributed by atoms with Gasteiger partial charge in [0.25, 0.3) is 0 Å². The van der Waals surface area contributed by atoms with Crippen molar-refractivity contribution in [2.75, 3.05) is 25.0 Å². The van der Waals surface area contributed by atoms with E-state index in [1.165, 1.54) is 5.56 Å². The molecule has 1 aliphatic heterocycles. The van der Waals surface area contributed by atoms with E-state index in [4.69, 9.17) is 5.11 Å². The van der Waals surface area contributed by atoms with Crippen molar-refractivity contribution in [3.8, 4) is 0 Å². The van der Waals surface area contributed by atoms with Crippen molar-refractivity contribution >= 4 is 17.6 Å². The lowest BCUT2D eigenvalue weighted by Crippen LogP contribution is -2.39. The molecule has 1 atom stereocenters. The van der Waals surface area contributed by atoms with Crippen molar-refractivity contribution in [2.45, 2.75) is 33.1 Å². The molecule has 0 spiro atoms. The summed E-state index contributed by atoms with van der Waals surface area (Å²) < 4.78 is 0. The number of carbonyl (C=O) groups excluding carboxylic acids is 1. The average Bonchev–Trinajstić information content (AvgIpc) is 2.54. The third-order valence-electron chi connectivity index (χ3n) is 4.32. The molecule has 1 amide bonds. The second-order valence-electron chi connectivity index (χ2n) is 6.57. The van der Waals surface area contributed by atoms with Crippen LogP contribution in [0.1, 0.15) is 32.3 Å². The number of amides is 1. The molecular formula is C18H26N2O3. The first-order valence-electron chi connectivity index (χ1n) is 8.30. The average molecular weight is 318 g/mol. The molecule has 1 aromatic rings. The Labute approximate surface area is 137 Å². The molecular weight excluding hydrogens is 292 g/mol. The topological polar surface area (TPSA) is 69.6 Å². The highest BCUT2D eigenvalue weighted by Crippen LogP contribution is 2.17. The highest BCUT2D eigenvalue weighted by molar-refractivity contribution is 5.92. The fraction of sp³-hybridized carbons (Fsp3) is 0.556. The van der Waals surface area contributed by atoms with Gasteiger partial charge in [-0.05, 0) is 43.5 Å². The summed E-state index contributed by atoms with van der Waals surface area (Å²) in [4.78, 5) is 25.0. The molecule has 5 nitrogen and oxygen atoms in total. The van der Waals surface area contributed by atoms with E-state index < -0.39 is 5.97 Å². The Hall–Kier alpha value is -1.88. The summed E-state index contributed by atoms with van der Waals surface area (Å²) in [5.41, 5.74) is 2.02. The van der Waals surface area contributed by atoms with Crippen LogP contribution in [0.25, 0.3) is 0 Å². The second-order valence-corrected chi connectivity index (χ2v) is 6.57. The molecule has 1 unspecified atom stereocenters. The zero-order valence-electron chi connectivity index (χ0n) is 13.9. The quantitative estimate of drug-likeness (QED) is 0.846. The molecule has 1 saturated heterocycles. The zero-order chi connectivity index (χ0) is 16.8. The smallest absolute Gasteiger partial charge is 0.307 e. The van der Waals surface area contributed by atoms with Gasteiger partial charge in [0.15, 0.2) is 0 Å². The monoisotopic (exact) mass is 318 g/mol. The summed E-state index contributed by atoms with van der Waals surface area (Å²) in [5.74, 6) is -0.918. The number of likely N-dealkylation sites (tertiary alicyclic amines) is 1. The molecule has 5 heteroatoms. The lowest BCUT2D eigenvalue weighted by molar-refractivity contribution is -0.143. The normalized spacial score (nSPS) is 18.8. The standard InChI is InChI=1S/C18H26N2O3/c1-13(2)17(21)19-16-7-5-14(6-8-16)9-11-20-10-3-4-15(12-20)18(22)23/h5-8,13,15H,3-4,9-12H2,1-2H3,(H,19,21)(H,22,23). The summed E-state index contributed by atoms with van der Waals surface area (Å²) >= 11 is 0. The van der Waals surface area contributed by atoms with Crippen LogP contribution in [-0.4, -0.2) is 41.5 Å². The van der Waals surface area contributed by atoms with Crippen molar-refractivity contribution in [1.82, 2.24) is 4.90 Å². The van der Waals surface area contributed by atoms with Crippen LogP contribution in [0.3, 0.4) is 0 Å². The van der Waals surface area contributed by atoms with E-state index >= 15 is 0 Å². The number of nitrogens with one attached hydrogen (secondary N) is 1. The van der Waals surface area contributed by atoms with Crippen LogP contribution >= 0.6 is 0 Å². The Morgan fingerprint density at radius 2 is 2.00 bits per heavy atom. The number of hydrogen-bond donors (Lipinski definition) is 2. The molecule has 1 aromatic carbocycles. The first-order valence-corrected chi connectivity index (χ1v) is 8.30. The minimum atomic E-state index is -0.681. The second kappa shape index (κ2) is 8.11. The molecule has 0 aromatic heterocycles. The van der Waals surface area contributed by atoms with Crippen LogP contribution in [0.4, 0.5) is 5.69 Å². The summed E-state index contributed by atoms with van der Waals surface area (Å²) in [6.07, 6.45) is 2.64. The number of carbonyl (C=O) groups is 2. The predicted molar refractivity (Wildman–Crippen MR) is 90.4 cm³/mol. The van der Waals surface area contributed by atoms with E-state index in [0.29, 0.717) is 6.54 Å². The molecule has 1 aliphatic rings. The number of carboxylic acids is 1. The van der Waals surface area contributed by atoms with Crippen molar-refractivity contribution in [1.29, 1.82) is 0 Å². The van der Waals surface area contributed by atoms with Crippen molar-refractivity contribution in [2.24, 2.45) is 11.8 Å². The number of piperidine rings is 1. The van der Waals surface area contributed by atoms with Gasteiger partial charge in [-0.15, -0.1) is 0 Å². The third-order valence-corrected chi connectivity index (χ3v) is 4.32. The van der Waals surface area contributed by atoms with Gasteiger partial charge in [-0.2, -0.15) is 0 Å². The summed E-state index contributed by atoms with van der Waals surface area (Å²) in [7, 11) is 0. The highest BCUT2D eigenvalue weighted by Gasteiger charge is 2.24. The Kier molecular flexibility index (Phi) is 6.16. The van der Waals surface area contributed by atoms with Crippen LogP contribution in [0.5, 0.6) is 0 Å². The molecule has 0 saturated carbocycles. The predicted octanol–water partition coefficient (Wildman–Crippen LogP) is 2.62. The first-order chi connectivity index (χ1) is 11.0. The van der Waals surface area contributed by atoms with Crippen molar-refractivity contribution in [3.05, 3.63) is 29.8 Å². The summed E-state index contributed by atoms with van der Waals surface area (Å²) in [5, 5.41) is 12.0. The summed E-state index contributed by atoms with van der Waals surface area (Å²) in [6, 6.07) is 7.89. The Morgan fingerprint density at radius 3 is 2.61 bits per heavy atom. The lowest BCUT2D eigenvalue weighted by Gasteiger charge is -2.30. The molecule has 0 aliphatic carbocycles. The Balaban J connectivity index is 1.82. The maximum atomic E-state index is 11.6. The molecule has 0 bridgehead atoms. The van der Waals surface area contributed by atoms with Crippen molar-refractivity contribution in [3.63, 3.8) is 0 Å². The fourth-order valence-corrected chi connectivity index (χ4v) is 2.79. The van der Waals surface area contributed by atoms with Gasteiger partial charge >= 0.3 is 5.97 Å². The zero-order valence-corrected chi connectivity index (χ0v) is 13.9. The number of hydrogen-bond acceptors (Lipinski definition) is 3. The molecule has 23 heavy (non-hydrogen) atoms. The van der Waals surface area contributed by atoms with E-state index in [1.54, 1.807) is 0 Å². The Morgan fingerprint density at radius 1 is 1.30 bits per heavy atom. The number of aliphatic carboxylic acids is 1. The number of benzene rings is 1. The molecule has 0 radical (unpaired) electrons. The van der Waals surface area contributed by atoms with Crippen LogP contribution in [-0.2, 0) is 16.0 Å². The number of anilines is 1. The van der Waals surface area contributed by atoms with Gasteiger partial charge < -0.3 is 15.3 Å². The van der Waals surface area contributed by atoms with Crippen molar-refractivity contribution < 1.29 is 14.7 Å². The van der Waals surface area contributed by atoms with Gasteiger partial charge in [-0.25, -0.2) is 0 Å². The lowest BCUT2D eigenvalue weighted by atomic mass is 9.98. The number of carboxylic acid groups (broad SMARTS) is 1. The van der Waals surface area contributed by atoms with Gasteiger partial charge in [-0.3, -0.25) is 9.59 Å². The Bertz CT molecular complexity index is 540. The van der Waals surface area contributed by atoms with Gasteiger partial charge in [0.2, 0.25) is 5.91 Å². The molecule has 126 valence electrons. The molecule has 1 heterocycles. The van der Waals surface area contributed by atoms with Gasteiger partial charge in [0, 0.05) is 24.7 Å². The maximum Gasteiger partial charge on any atom is 0.307 e. The van der Waals surface area contributed by atoms with Crippen LogP contribution in [0.15, 0.2) is 24.3 Å². The van der Waals surface area contributed by atoms with Gasteiger partial charge in [0.1, 0.15) is 0 Å². The van der Waals surface area contributed by atoms with Crippen LogP contribution in [0, 0.1) is 11.8 Å². The highest BCUT2D eigenvalue weighted by atomic mass is 16.4. The largest absolute Gasteiger partial charge is 0.481 e.